The van der Waals surface area contributed by atoms with Gasteiger partial charge in [-0.1, -0.05) is 24.3 Å². The number of para-hydroxylation sites is 1. The number of hydrogen-bond acceptors (Lipinski definition) is 6. The molecule has 0 aliphatic rings. The van der Waals surface area contributed by atoms with E-state index in [0.717, 1.165) is 0 Å². The van der Waals surface area contributed by atoms with E-state index in [4.69, 9.17) is 9.15 Å². The highest BCUT2D eigenvalue weighted by Crippen LogP contribution is 2.28. The molecule has 0 amide bonds. The van der Waals surface area contributed by atoms with Crippen LogP contribution >= 0.6 is 0 Å². The number of ether oxygens (including phenoxy) is 1. The van der Waals surface area contributed by atoms with Crippen LogP contribution in [0, 0.1) is 5.82 Å². The number of methoxy groups -OCH3 is 1. The van der Waals surface area contributed by atoms with Gasteiger partial charge in [0.15, 0.2) is 0 Å². The minimum atomic E-state index is -3.64. The third-order valence-electron chi connectivity index (χ3n) is 3.52. The summed E-state index contributed by atoms with van der Waals surface area (Å²) in [5.41, 5.74) is 1.09. The zero-order valence-corrected chi connectivity index (χ0v) is 14.7. The second kappa shape index (κ2) is 7.63. The van der Waals surface area contributed by atoms with Gasteiger partial charge in [0.05, 0.1) is 25.0 Å². The number of rotatable bonds is 7. The minimum absolute atomic E-state index is 0.119. The number of sulfonamides is 1. The van der Waals surface area contributed by atoms with Crippen LogP contribution in [0.2, 0.25) is 0 Å². The van der Waals surface area contributed by atoms with Gasteiger partial charge in [-0.25, -0.2) is 17.5 Å². The Balaban J connectivity index is 1.66. The van der Waals surface area contributed by atoms with Gasteiger partial charge < -0.3 is 9.15 Å². The number of nitrogens with zero attached hydrogens (tertiary/aromatic N) is 2. The molecular weight excluding hydrogens is 361 g/mol. The first-order valence-corrected chi connectivity index (χ1v) is 9.29. The average molecular weight is 377 g/mol. The van der Waals surface area contributed by atoms with Crippen LogP contribution in [-0.2, 0) is 22.3 Å². The molecule has 3 aromatic rings. The highest BCUT2D eigenvalue weighted by atomic mass is 32.2. The summed E-state index contributed by atoms with van der Waals surface area (Å²) in [6.07, 6.45) is 0. The van der Waals surface area contributed by atoms with E-state index < -0.39 is 15.8 Å². The fraction of sp³-hybridized carbons (Fsp3) is 0.176. The Hall–Kier alpha value is -2.78. The predicted molar refractivity (Wildman–Crippen MR) is 92.1 cm³/mol. The van der Waals surface area contributed by atoms with Gasteiger partial charge in [0.2, 0.25) is 15.9 Å². The molecule has 1 heterocycles. The third kappa shape index (κ3) is 4.44. The molecule has 0 saturated carbocycles. The van der Waals surface area contributed by atoms with Crippen molar-refractivity contribution < 1.29 is 22.0 Å². The number of hydrogen-bond donors (Lipinski definition) is 1. The van der Waals surface area contributed by atoms with Crippen LogP contribution in [0.3, 0.4) is 0 Å². The SMILES string of the molecule is COc1ccccc1-c1nnc(CNS(=O)(=O)Cc2ccc(F)cc2)o1. The van der Waals surface area contributed by atoms with Crippen molar-refractivity contribution in [1.29, 1.82) is 0 Å². The molecule has 0 aliphatic carbocycles. The molecule has 0 unspecified atom stereocenters. The van der Waals surface area contributed by atoms with E-state index in [1.165, 1.54) is 31.4 Å². The summed E-state index contributed by atoms with van der Waals surface area (Å²) in [6.45, 7) is -0.147. The first kappa shape index (κ1) is 18.0. The third-order valence-corrected chi connectivity index (χ3v) is 4.82. The zero-order valence-electron chi connectivity index (χ0n) is 13.8. The van der Waals surface area contributed by atoms with Crippen LogP contribution in [0.25, 0.3) is 11.5 Å². The van der Waals surface area contributed by atoms with E-state index in [-0.39, 0.29) is 24.1 Å². The molecule has 2 aromatic carbocycles. The molecule has 136 valence electrons. The summed E-state index contributed by atoms with van der Waals surface area (Å²) in [5.74, 6) is 0.220. The molecule has 7 nitrogen and oxygen atoms in total. The number of benzene rings is 2. The van der Waals surface area contributed by atoms with Crippen molar-refractivity contribution in [1.82, 2.24) is 14.9 Å². The van der Waals surface area contributed by atoms with Gasteiger partial charge in [-0.05, 0) is 29.8 Å². The van der Waals surface area contributed by atoms with E-state index in [2.05, 4.69) is 14.9 Å². The van der Waals surface area contributed by atoms with Gasteiger partial charge in [0, 0.05) is 0 Å². The van der Waals surface area contributed by atoms with Crippen LogP contribution in [-0.4, -0.2) is 25.7 Å². The maximum absolute atomic E-state index is 12.9. The molecule has 1 N–H and O–H groups in total. The van der Waals surface area contributed by atoms with Crippen molar-refractivity contribution in [2.45, 2.75) is 12.3 Å². The molecule has 0 radical (unpaired) electrons. The fourth-order valence-corrected chi connectivity index (χ4v) is 3.35. The molecule has 0 atom stereocenters. The van der Waals surface area contributed by atoms with Crippen molar-refractivity contribution >= 4 is 10.0 Å². The predicted octanol–water partition coefficient (Wildman–Crippen LogP) is 2.50. The van der Waals surface area contributed by atoms with Gasteiger partial charge in [0.1, 0.15) is 11.6 Å². The largest absolute Gasteiger partial charge is 0.496 e. The van der Waals surface area contributed by atoms with E-state index in [1.807, 2.05) is 6.07 Å². The molecule has 3 rings (SSSR count). The molecular formula is C17H16FN3O4S. The molecule has 0 spiro atoms. The lowest BCUT2D eigenvalue weighted by Gasteiger charge is -2.05. The van der Waals surface area contributed by atoms with Crippen LogP contribution in [0.15, 0.2) is 52.9 Å². The highest BCUT2D eigenvalue weighted by molar-refractivity contribution is 7.88. The first-order chi connectivity index (χ1) is 12.5. The Morgan fingerprint density at radius 3 is 2.58 bits per heavy atom. The van der Waals surface area contributed by atoms with Crippen molar-refractivity contribution in [2.75, 3.05) is 7.11 Å². The molecule has 9 heteroatoms. The summed E-state index contributed by atoms with van der Waals surface area (Å²) >= 11 is 0. The first-order valence-electron chi connectivity index (χ1n) is 7.64. The lowest BCUT2D eigenvalue weighted by atomic mass is 10.2. The Bertz CT molecular complexity index is 987. The van der Waals surface area contributed by atoms with Crippen molar-refractivity contribution in [3.05, 3.63) is 65.8 Å². The lowest BCUT2D eigenvalue weighted by Crippen LogP contribution is -2.24. The highest BCUT2D eigenvalue weighted by Gasteiger charge is 2.16. The summed E-state index contributed by atoms with van der Waals surface area (Å²) < 4.78 is 50.2. The van der Waals surface area contributed by atoms with Gasteiger partial charge in [0.25, 0.3) is 5.89 Å². The molecule has 0 aliphatic heterocycles. The van der Waals surface area contributed by atoms with Crippen LogP contribution < -0.4 is 9.46 Å². The van der Waals surface area contributed by atoms with Gasteiger partial charge in [-0.3, -0.25) is 0 Å². The fourth-order valence-electron chi connectivity index (χ4n) is 2.28. The number of halogens is 1. The Labute approximate surface area is 149 Å². The maximum Gasteiger partial charge on any atom is 0.251 e. The molecule has 1 aromatic heterocycles. The Morgan fingerprint density at radius 1 is 1.12 bits per heavy atom. The van der Waals surface area contributed by atoms with Gasteiger partial charge in [-0.15, -0.1) is 10.2 Å². The normalized spacial score (nSPS) is 11.5. The van der Waals surface area contributed by atoms with E-state index in [0.29, 0.717) is 16.9 Å². The minimum Gasteiger partial charge on any atom is -0.496 e. The van der Waals surface area contributed by atoms with Crippen molar-refractivity contribution in [3.63, 3.8) is 0 Å². The quantitative estimate of drug-likeness (QED) is 0.680. The Morgan fingerprint density at radius 2 is 1.85 bits per heavy atom. The monoisotopic (exact) mass is 377 g/mol. The molecule has 0 fully saturated rings. The topological polar surface area (TPSA) is 94.3 Å². The maximum atomic E-state index is 12.9. The zero-order chi connectivity index (χ0) is 18.6. The van der Waals surface area contributed by atoms with Crippen LogP contribution in [0.4, 0.5) is 4.39 Å². The van der Waals surface area contributed by atoms with Crippen molar-refractivity contribution in [3.8, 4) is 17.2 Å². The average Bonchev–Trinajstić information content (AvgIpc) is 3.11. The van der Waals surface area contributed by atoms with Crippen LogP contribution in [0.1, 0.15) is 11.5 Å². The standard InChI is InChI=1S/C17H16FN3O4S/c1-24-15-5-3-2-4-14(15)17-21-20-16(25-17)10-19-26(22,23)11-12-6-8-13(18)9-7-12/h2-9,19H,10-11H2,1H3. The second-order valence-corrected chi connectivity index (χ2v) is 7.21. The second-order valence-electron chi connectivity index (χ2n) is 5.41. The number of nitrogens with one attached hydrogen (secondary N) is 1. The van der Waals surface area contributed by atoms with Crippen LogP contribution in [0.5, 0.6) is 5.75 Å². The number of aromatic nitrogens is 2. The smallest absolute Gasteiger partial charge is 0.251 e. The Kier molecular flexibility index (Phi) is 5.29. The summed E-state index contributed by atoms with van der Waals surface area (Å²) in [7, 11) is -2.11. The van der Waals surface area contributed by atoms with E-state index >= 15 is 0 Å². The van der Waals surface area contributed by atoms with Crippen molar-refractivity contribution in [2.24, 2.45) is 0 Å². The van der Waals surface area contributed by atoms with Gasteiger partial charge >= 0.3 is 0 Å². The molecule has 0 bridgehead atoms. The summed E-state index contributed by atoms with van der Waals surface area (Å²) in [6, 6.07) is 12.4. The van der Waals surface area contributed by atoms with E-state index in [1.54, 1.807) is 18.2 Å². The lowest BCUT2D eigenvalue weighted by molar-refractivity contribution is 0.413. The molecule has 0 saturated heterocycles. The summed E-state index contributed by atoms with van der Waals surface area (Å²) in [4.78, 5) is 0. The molecule has 26 heavy (non-hydrogen) atoms. The van der Waals surface area contributed by atoms with E-state index in [9.17, 15) is 12.8 Å². The van der Waals surface area contributed by atoms with Gasteiger partial charge in [-0.2, -0.15) is 0 Å². The summed E-state index contributed by atoms with van der Waals surface area (Å²) in [5, 5.41) is 7.76.